The lowest BCUT2D eigenvalue weighted by molar-refractivity contribution is 0.308. The van der Waals surface area contributed by atoms with Gasteiger partial charge >= 0.3 is 0 Å². The molecule has 0 saturated carbocycles. The summed E-state index contributed by atoms with van der Waals surface area (Å²) >= 11 is 3.59. The van der Waals surface area contributed by atoms with Crippen LogP contribution in [-0.2, 0) is 6.61 Å². The lowest BCUT2D eigenvalue weighted by atomic mass is 10.1. The van der Waals surface area contributed by atoms with Gasteiger partial charge in [-0.2, -0.15) is 0 Å². The Bertz CT molecular complexity index is 816. The quantitative estimate of drug-likeness (QED) is 0.615. The Balaban J connectivity index is 2.08. The number of ether oxygens (including phenoxy) is 3. The van der Waals surface area contributed by atoms with Crippen LogP contribution in [0.25, 0.3) is 10.8 Å². The van der Waals surface area contributed by atoms with Crippen molar-refractivity contribution in [2.45, 2.75) is 6.61 Å². The monoisotopic (exact) mass is 372 g/mol. The molecule has 0 aliphatic carbocycles. The largest absolute Gasteiger partial charge is 0.496 e. The van der Waals surface area contributed by atoms with E-state index in [1.807, 2.05) is 54.6 Å². The summed E-state index contributed by atoms with van der Waals surface area (Å²) in [5.74, 6) is 2.30. The smallest absolute Gasteiger partial charge is 0.131 e. The molecule has 0 aliphatic rings. The van der Waals surface area contributed by atoms with Gasteiger partial charge in [0.15, 0.2) is 0 Å². The fourth-order valence-corrected chi connectivity index (χ4v) is 3.08. The second-order valence-electron chi connectivity index (χ2n) is 5.04. The maximum atomic E-state index is 6.05. The van der Waals surface area contributed by atoms with Gasteiger partial charge < -0.3 is 14.2 Å². The average Bonchev–Trinajstić information content (AvgIpc) is 2.61. The van der Waals surface area contributed by atoms with E-state index >= 15 is 0 Å². The van der Waals surface area contributed by atoms with Crippen LogP contribution in [0, 0.1) is 0 Å². The van der Waals surface area contributed by atoms with Crippen molar-refractivity contribution in [1.82, 2.24) is 0 Å². The highest BCUT2D eigenvalue weighted by Crippen LogP contribution is 2.43. The Morgan fingerprint density at radius 2 is 1.35 bits per heavy atom. The molecule has 23 heavy (non-hydrogen) atoms. The van der Waals surface area contributed by atoms with Gasteiger partial charge in [-0.25, -0.2) is 0 Å². The molecule has 0 aliphatic heterocycles. The topological polar surface area (TPSA) is 27.7 Å². The SMILES string of the molecule is COc1ccc(OC)c2c(OCc3ccccc3)ccc(Br)c12. The van der Waals surface area contributed by atoms with Crippen molar-refractivity contribution >= 4 is 26.7 Å². The first-order valence-electron chi connectivity index (χ1n) is 7.24. The molecule has 0 radical (unpaired) electrons. The van der Waals surface area contributed by atoms with Crippen LogP contribution in [0.15, 0.2) is 59.1 Å². The first-order chi connectivity index (χ1) is 11.2. The van der Waals surface area contributed by atoms with E-state index in [4.69, 9.17) is 14.2 Å². The van der Waals surface area contributed by atoms with Crippen molar-refractivity contribution in [2.24, 2.45) is 0 Å². The zero-order valence-electron chi connectivity index (χ0n) is 13.0. The lowest BCUT2D eigenvalue weighted by Crippen LogP contribution is -1.98. The molecule has 0 amide bonds. The lowest BCUT2D eigenvalue weighted by Gasteiger charge is -2.15. The molecule has 0 unspecified atom stereocenters. The van der Waals surface area contributed by atoms with Crippen LogP contribution in [0.5, 0.6) is 17.2 Å². The molecule has 0 N–H and O–H groups in total. The standard InChI is InChI=1S/C19H17BrO3/c1-21-15-10-11-16(22-2)19-17(9-8-14(20)18(15)19)23-12-13-6-4-3-5-7-13/h3-11H,12H2,1-2H3. The number of fused-ring (bicyclic) bond motifs is 1. The molecule has 118 valence electrons. The highest BCUT2D eigenvalue weighted by molar-refractivity contribution is 9.10. The van der Waals surface area contributed by atoms with Crippen LogP contribution in [0.4, 0.5) is 0 Å². The van der Waals surface area contributed by atoms with E-state index in [0.29, 0.717) is 6.61 Å². The Morgan fingerprint density at radius 3 is 2.00 bits per heavy atom. The van der Waals surface area contributed by atoms with E-state index in [1.165, 1.54) is 0 Å². The summed E-state index contributed by atoms with van der Waals surface area (Å²) in [5.41, 5.74) is 1.12. The first-order valence-corrected chi connectivity index (χ1v) is 8.04. The van der Waals surface area contributed by atoms with Gasteiger partial charge in [0.25, 0.3) is 0 Å². The Morgan fingerprint density at radius 1 is 0.739 bits per heavy atom. The highest BCUT2D eigenvalue weighted by atomic mass is 79.9. The maximum absolute atomic E-state index is 6.05. The normalized spacial score (nSPS) is 10.6. The molecule has 0 bridgehead atoms. The minimum atomic E-state index is 0.498. The van der Waals surface area contributed by atoms with Gasteiger partial charge in [0.1, 0.15) is 23.9 Å². The Hall–Kier alpha value is -2.20. The molecule has 4 heteroatoms. The van der Waals surface area contributed by atoms with Crippen molar-refractivity contribution in [3.63, 3.8) is 0 Å². The van der Waals surface area contributed by atoms with E-state index < -0.39 is 0 Å². The van der Waals surface area contributed by atoms with Gasteiger partial charge in [-0.05, 0) is 29.8 Å². The molecule has 0 heterocycles. The van der Waals surface area contributed by atoms with E-state index in [1.54, 1.807) is 14.2 Å². The molecule has 3 aromatic carbocycles. The molecule has 3 rings (SSSR count). The third-order valence-electron chi connectivity index (χ3n) is 3.67. The van der Waals surface area contributed by atoms with Gasteiger partial charge in [0.2, 0.25) is 0 Å². The summed E-state index contributed by atoms with van der Waals surface area (Å²) in [6.07, 6.45) is 0. The summed E-state index contributed by atoms with van der Waals surface area (Å²) in [4.78, 5) is 0. The van der Waals surface area contributed by atoms with Crippen molar-refractivity contribution in [1.29, 1.82) is 0 Å². The number of rotatable bonds is 5. The summed E-state index contributed by atoms with van der Waals surface area (Å²) in [7, 11) is 3.31. The summed E-state index contributed by atoms with van der Waals surface area (Å²) in [6, 6.07) is 17.8. The van der Waals surface area contributed by atoms with Crippen LogP contribution >= 0.6 is 15.9 Å². The van der Waals surface area contributed by atoms with Crippen molar-refractivity contribution in [3.8, 4) is 17.2 Å². The zero-order chi connectivity index (χ0) is 16.2. The van der Waals surface area contributed by atoms with Crippen LogP contribution in [-0.4, -0.2) is 14.2 Å². The molecule has 3 nitrogen and oxygen atoms in total. The summed E-state index contributed by atoms with van der Waals surface area (Å²) in [6.45, 7) is 0.498. The van der Waals surface area contributed by atoms with Crippen LogP contribution < -0.4 is 14.2 Å². The van der Waals surface area contributed by atoms with E-state index in [9.17, 15) is 0 Å². The van der Waals surface area contributed by atoms with Crippen LogP contribution in [0.1, 0.15) is 5.56 Å². The maximum Gasteiger partial charge on any atom is 0.131 e. The summed E-state index contributed by atoms with van der Waals surface area (Å²) < 4.78 is 18.0. The first kappa shape index (κ1) is 15.7. The van der Waals surface area contributed by atoms with Crippen molar-refractivity contribution < 1.29 is 14.2 Å². The third-order valence-corrected chi connectivity index (χ3v) is 4.33. The van der Waals surface area contributed by atoms with Crippen LogP contribution in [0.2, 0.25) is 0 Å². The number of methoxy groups -OCH3 is 2. The van der Waals surface area contributed by atoms with Gasteiger partial charge in [-0.1, -0.05) is 46.3 Å². The minimum absolute atomic E-state index is 0.498. The third kappa shape index (κ3) is 3.13. The van der Waals surface area contributed by atoms with Gasteiger partial charge in [0, 0.05) is 9.86 Å². The molecule has 0 atom stereocenters. The van der Waals surface area contributed by atoms with E-state index in [0.717, 1.165) is 38.1 Å². The van der Waals surface area contributed by atoms with Crippen LogP contribution in [0.3, 0.4) is 0 Å². The number of halogens is 1. The second-order valence-corrected chi connectivity index (χ2v) is 5.89. The predicted molar refractivity (Wildman–Crippen MR) is 95.5 cm³/mol. The average molecular weight is 373 g/mol. The van der Waals surface area contributed by atoms with E-state index in [-0.39, 0.29) is 0 Å². The molecular formula is C19H17BrO3. The number of benzene rings is 3. The molecule has 3 aromatic rings. The Kier molecular flexibility index (Phi) is 4.72. The molecular weight excluding hydrogens is 356 g/mol. The summed E-state index contributed by atoms with van der Waals surface area (Å²) in [5, 5.41) is 1.84. The fourth-order valence-electron chi connectivity index (χ4n) is 2.56. The number of hydrogen-bond donors (Lipinski definition) is 0. The molecule has 0 aromatic heterocycles. The fraction of sp³-hybridized carbons (Fsp3) is 0.158. The predicted octanol–water partition coefficient (Wildman–Crippen LogP) is 5.20. The van der Waals surface area contributed by atoms with E-state index in [2.05, 4.69) is 15.9 Å². The van der Waals surface area contributed by atoms with Crippen molar-refractivity contribution in [3.05, 3.63) is 64.6 Å². The van der Waals surface area contributed by atoms with Gasteiger partial charge in [0.05, 0.1) is 19.6 Å². The molecule has 0 spiro atoms. The molecule has 0 saturated heterocycles. The Labute approximate surface area is 143 Å². The number of hydrogen-bond acceptors (Lipinski definition) is 3. The highest BCUT2D eigenvalue weighted by Gasteiger charge is 2.15. The van der Waals surface area contributed by atoms with Gasteiger partial charge in [-0.3, -0.25) is 0 Å². The van der Waals surface area contributed by atoms with Gasteiger partial charge in [-0.15, -0.1) is 0 Å². The van der Waals surface area contributed by atoms with Crippen molar-refractivity contribution in [2.75, 3.05) is 14.2 Å². The minimum Gasteiger partial charge on any atom is -0.496 e. The molecule has 0 fully saturated rings. The zero-order valence-corrected chi connectivity index (χ0v) is 14.6. The second kappa shape index (κ2) is 6.92.